The van der Waals surface area contributed by atoms with E-state index in [1.807, 2.05) is 0 Å². The molecule has 0 aliphatic heterocycles. The summed E-state index contributed by atoms with van der Waals surface area (Å²) in [5.41, 5.74) is 2.65. The molecule has 0 saturated heterocycles. The van der Waals surface area contributed by atoms with Crippen molar-refractivity contribution in [2.45, 2.75) is 12.8 Å². The monoisotopic (exact) mass is 209 g/mol. The number of anilines is 1. The highest BCUT2D eigenvalue weighted by Crippen LogP contribution is 2.35. The zero-order valence-corrected chi connectivity index (χ0v) is 6.90. The average molecular weight is 209 g/mol. The Hall–Kier alpha value is -1.30. The molecule has 3 N–H and O–H groups in total. The lowest BCUT2D eigenvalue weighted by atomic mass is 10.1. The van der Waals surface area contributed by atoms with Crippen LogP contribution in [-0.2, 0) is 12.8 Å². The summed E-state index contributed by atoms with van der Waals surface area (Å²) in [5.74, 6) is -0.970. The molecule has 6 heteroatoms. The molecule has 0 radical (unpaired) electrons. The first-order chi connectivity index (χ1) is 6.38. The fourth-order valence-corrected chi connectivity index (χ4v) is 1.07. The van der Waals surface area contributed by atoms with Crippen LogP contribution in [-0.4, -0.2) is 5.11 Å². The van der Waals surface area contributed by atoms with Gasteiger partial charge in [0, 0.05) is 5.56 Å². The third-order valence-corrected chi connectivity index (χ3v) is 1.77. The molecule has 0 spiro atoms. The standard InChI is InChI=1S/C8H7F4NO/c9-6-2-1-5(8(10,11)12)4(3-14)7(6)13/h1-2,14H,3,13H2. The van der Waals surface area contributed by atoms with Gasteiger partial charge in [0.2, 0.25) is 0 Å². The summed E-state index contributed by atoms with van der Waals surface area (Å²) in [5, 5.41) is 8.64. The summed E-state index contributed by atoms with van der Waals surface area (Å²) in [7, 11) is 0. The van der Waals surface area contributed by atoms with Gasteiger partial charge in [-0.15, -0.1) is 0 Å². The molecular weight excluding hydrogens is 202 g/mol. The van der Waals surface area contributed by atoms with Gasteiger partial charge in [-0.25, -0.2) is 4.39 Å². The summed E-state index contributed by atoms with van der Waals surface area (Å²) < 4.78 is 49.5. The Balaban J connectivity index is 3.39. The smallest absolute Gasteiger partial charge is 0.396 e. The number of alkyl halides is 3. The van der Waals surface area contributed by atoms with E-state index in [-0.39, 0.29) is 0 Å². The first-order valence-corrected chi connectivity index (χ1v) is 3.63. The van der Waals surface area contributed by atoms with Crippen molar-refractivity contribution in [3.05, 3.63) is 29.1 Å². The van der Waals surface area contributed by atoms with Crippen LogP contribution in [0.25, 0.3) is 0 Å². The zero-order chi connectivity index (χ0) is 10.9. The van der Waals surface area contributed by atoms with Crippen molar-refractivity contribution >= 4 is 5.69 Å². The highest BCUT2D eigenvalue weighted by Gasteiger charge is 2.34. The number of nitrogen functional groups attached to an aromatic ring is 1. The van der Waals surface area contributed by atoms with Crippen LogP contribution >= 0.6 is 0 Å². The second-order valence-electron chi connectivity index (χ2n) is 2.64. The van der Waals surface area contributed by atoms with Gasteiger partial charge in [0.05, 0.1) is 17.9 Å². The molecule has 0 amide bonds. The van der Waals surface area contributed by atoms with Crippen LogP contribution in [0.3, 0.4) is 0 Å². The number of aliphatic hydroxyl groups excluding tert-OH is 1. The molecule has 1 aromatic rings. The molecule has 78 valence electrons. The zero-order valence-electron chi connectivity index (χ0n) is 6.90. The van der Waals surface area contributed by atoms with Gasteiger partial charge >= 0.3 is 6.18 Å². The van der Waals surface area contributed by atoms with Gasteiger partial charge in [0.1, 0.15) is 5.82 Å². The molecule has 0 saturated carbocycles. The fraction of sp³-hybridized carbons (Fsp3) is 0.250. The SMILES string of the molecule is Nc1c(F)ccc(C(F)(F)F)c1CO. The number of aliphatic hydroxyl groups is 1. The maximum absolute atomic E-state index is 12.7. The van der Waals surface area contributed by atoms with Crippen molar-refractivity contribution in [2.75, 3.05) is 5.73 Å². The number of halogens is 4. The van der Waals surface area contributed by atoms with Crippen LogP contribution in [0.4, 0.5) is 23.2 Å². The Morgan fingerprint density at radius 1 is 1.29 bits per heavy atom. The van der Waals surface area contributed by atoms with E-state index in [1.165, 1.54) is 0 Å². The van der Waals surface area contributed by atoms with Crippen molar-refractivity contribution in [1.29, 1.82) is 0 Å². The minimum Gasteiger partial charge on any atom is -0.396 e. The van der Waals surface area contributed by atoms with Crippen molar-refractivity contribution in [3.8, 4) is 0 Å². The van der Waals surface area contributed by atoms with Crippen molar-refractivity contribution < 1.29 is 22.7 Å². The molecule has 0 fully saturated rings. The maximum atomic E-state index is 12.7. The second kappa shape index (κ2) is 3.45. The minimum atomic E-state index is -4.64. The van der Waals surface area contributed by atoms with E-state index in [2.05, 4.69) is 0 Å². The second-order valence-corrected chi connectivity index (χ2v) is 2.64. The van der Waals surface area contributed by atoms with Gasteiger partial charge < -0.3 is 10.8 Å². The molecular formula is C8H7F4NO. The van der Waals surface area contributed by atoms with Gasteiger partial charge in [-0.1, -0.05) is 0 Å². The third kappa shape index (κ3) is 1.79. The minimum absolute atomic E-state index is 0.553. The molecule has 0 aliphatic carbocycles. The Bertz CT molecular complexity index is 348. The molecule has 0 bridgehead atoms. The topological polar surface area (TPSA) is 46.2 Å². The molecule has 0 aromatic heterocycles. The quantitative estimate of drug-likeness (QED) is 0.548. The van der Waals surface area contributed by atoms with Crippen molar-refractivity contribution in [3.63, 3.8) is 0 Å². The van der Waals surface area contributed by atoms with Crippen molar-refractivity contribution in [1.82, 2.24) is 0 Å². The van der Waals surface area contributed by atoms with Crippen LogP contribution in [0.2, 0.25) is 0 Å². The number of hydrogen-bond donors (Lipinski definition) is 2. The van der Waals surface area contributed by atoms with E-state index in [9.17, 15) is 17.6 Å². The molecule has 0 atom stereocenters. The first kappa shape index (κ1) is 10.8. The van der Waals surface area contributed by atoms with Gasteiger partial charge in [-0.3, -0.25) is 0 Å². The first-order valence-electron chi connectivity index (χ1n) is 3.63. The summed E-state index contributed by atoms with van der Waals surface area (Å²) in [6.45, 7) is -0.946. The van der Waals surface area contributed by atoms with Gasteiger partial charge in [-0.2, -0.15) is 13.2 Å². The normalized spacial score (nSPS) is 11.8. The number of hydrogen-bond acceptors (Lipinski definition) is 2. The largest absolute Gasteiger partial charge is 0.416 e. The van der Waals surface area contributed by atoms with Crippen LogP contribution < -0.4 is 5.73 Å². The van der Waals surface area contributed by atoms with Gasteiger partial charge in [-0.05, 0) is 12.1 Å². The lowest BCUT2D eigenvalue weighted by molar-refractivity contribution is -0.138. The van der Waals surface area contributed by atoms with E-state index in [0.717, 1.165) is 0 Å². The number of benzene rings is 1. The Morgan fingerprint density at radius 2 is 1.86 bits per heavy atom. The van der Waals surface area contributed by atoms with Crippen LogP contribution in [0.15, 0.2) is 12.1 Å². The number of nitrogens with two attached hydrogens (primary N) is 1. The highest BCUT2D eigenvalue weighted by molar-refractivity contribution is 5.52. The summed E-state index contributed by atoms with van der Waals surface area (Å²) >= 11 is 0. The predicted octanol–water partition coefficient (Wildman–Crippen LogP) is 1.92. The predicted molar refractivity (Wildman–Crippen MR) is 41.7 cm³/mol. The molecule has 1 aromatic carbocycles. The summed E-state index contributed by atoms with van der Waals surface area (Å²) in [6.07, 6.45) is -4.64. The molecule has 0 aliphatic rings. The highest BCUT2D eigenvalue weighted by atomic mass is 19.4. The Labute approximate surface area is 77.0 Å². The van der Waals surface area contributed by atoms with E-state index in [1.54, 1.807) is 0 Å². The van der Waals surface area contributed by atoms with Crippen LogP contribution in [0.5, 0.6) is 0 Å². The van der Waals surface area contributed by atoms with Crippen molar-refractivity contribution in [2.24, 2.45) is 0 Å². The van der Waals surface area contributed by atoms with Crippen LogP contribution in [0.1, 0.15) is 11.1 Å². The van der Waals surface area contributed by atoms with E-state index in [0.29, 0.717) is 12.1 Å². The van der Waals surface area contributed by atoms with E-state index >= 15 is 0 Å². The molecule has 0 heterocycles. The fourth-order valence-electron chi connectivity index (χ4n) is 1.07. The molecule has 2 nitrogen and oxygen atoms in total. The summed E-state index contributed by atoms with van der Waals surface area (Å²) in [4.78, 5) is 0. The van der Waals surface area contributed by atoms with Gasteiger partial charge in [0.15, 0.2) is 0 Å². The van der Waals surface area contributed by atoms with E-state index < -0.39 is 35.4 Å². The lowest BCUT2D eigenvalue weighted by Crippen LogP contribution is -2.12. The molecule has 1 rings (SSSR count). The third-order valence-electron chi connectivity index (χ3n) is 1.77. The molecule has 0 unspecified atom stereocenters. The van der Waals surface area contributed by atoms with Gasteiger partial charge in [0.25, 0.3) is 0 Å². The number of rotatable bonds is 1. The Kier molecular flexibility index (Phi) is 2.66. The maximum Gasteiger partial charge on any atom is 0.416 e. The molecule has 14 heavy (non-hydrogen) atoms. The average Bonchev–Trinajstić information content (AvgIpc) is 2.07. The Morgan fingerprint density at radius 3 is 2.29 bits per heavy atom. The van der Waals surface area contributed by atoms with Crippen LogP contribution in [0, 0.1) is 5.82 Å². The summed E-state index contributed by atoms with van der Waals surface area (Å²) in [6, 6.07) is 1.18. The van der Waals surface area contributed by atoms with E-state index in [4.69, 9.17) is 10.8 Å². The lowest BCUT2D eigenvalue weighted by Gasteiger charge is -2.13.